The van der Waals surface area contributed by atoms with Crippen LogP contribution in [0, 0.1) is 9.49 Å². The first-order chi connectivity index (χ1) is 15.9. The summed E-state index contributed by atoms with van der Waals surface area (Å²) in [5.41, 5.74) is 4.99. The number of likely N-dealkylation sites (tertiary alicyclic amines) is 1. The molecule has 2 aliphatic rings. The first-order valence-corrected chi connectivity index (χ1v) is 13.3. The average Bonchev–Trinajstić information content (AvgIpc) is 3.12. The Bertz CT molecular complexity index is 985. The molecule has 33 heavy (non-hydrogen) atoms. The zero-order valence-electron chi connectivity index (χ0n) is 19.9. The van der Waals surface area contributed by atoms with Gasteiger partial charge in [0.1, 0.15) is 0 Å². The summed E-state index contributed by atoms with van der Waals surface area (Å²) in [6.45, 7) is 13.5. The Kier molecular flexibility index (Phi) is 8.12. The van der Waals surface area contributed by atoms with E-state index in [2.05, 4.69) is 89.6 Å². The minimum Gasteiger partial charge on any atom is -0.385 e. The molecule has 0 spiro atoms. The van der Waals surface area contributed by atoms with Crippen LogP contribution in [0.5, 0.6) is 0 Å². The van der Waals surface area contributed by atoms with Gasteiger partial charge in [-0.05, 0) is 89.2 Å². The predicted molar refractivity (Wildman–Crippen MR) is 145 cm³/mol. The van der Waals surface area contributed by atoms with Crippen molar-refractivity contribution in [2.24, 2.45) is 5.92 Å². The molecule has 1 unspecified atom stereocenters. The molecular weight excluding hydrogens is 521 g/mol. The summed E-state index contributed by atoms with van der Waals surface area (Å²) in [5, 5.41) is 3.50. The predicted octanol–water partition coefficient (Wildman–Crippen LogP) is 5.91. The molecule has 176 valence electrons. The van der Waals surface area contributed by atoms with Gasteiger partial charge in [0.05, 0.1) is 0 Å². The maximum atomic E-state index is 13.0. The highest BCUT2D eigenvalue weighted by molar-refractivity contribution is 14.1. The summed E-state index contributed by atoms with van der Waals surface area (Å²) in [4.78, 5) is 17.6. The van der Waals surface area contributed by atoms with Crippen LogP contribution in [0.25, 0.3) is 5.70 Å². The number of piperidine rings is 1. The van der Waals surface area contributed by atoms with Crippen molar-refractivity contribution in [1.82, 2.24) is 15.1 Å². The minimum atomic E-state index is 0.114. The molecule has 2 aliphatic heterocycles. The standard InChI is InChI=1S/C28H36IN3O/c1-20(2)27-7-4-5-15-31(27)16-6-14-30-21(3)23-10-11-24-19-32(28(33)26(24)17-23)18-22-8-12-25(29)13-9-22/h8-13,17,20,27,30H,3-7,14-16,18-19H2,1-2H3. The van der Waals surface area contributed by atoms with Crippen molar-refractivity contribution in [1.29, 1.82) is 0 Å². The van der Waals surface area contributed by atoms with Gasteiger partial charge in [-0.2, -0.15) is 0 Å². The Balaban J connectivity index is 1.29. The molecule has 1 atom stereocenters. The molecule has 1 N–H and O–H groups in total. The maximum Gasteiger partial charge on any atom is 0.254 e. The van der Waals surface area contributed by atoms with Crippen LogP contribution >= 0.6 is 22.6 Å². The number of halogens is 1. The molecule has 5 heteroatoms. The molecule has 0 bridgehead atoms. The number of nitrogens with one attached hydrogen (secondary N) is 1. The van der Waals surface area contributed by atoms with Crippen LogP contribution in [-0.2, 0) is 13.1 Å². The number of carbonyl (C=O) groups excluding carboxylic acids is 1. The molecule has 0 radical (unpaired) electrons. The number of hydrogen-bond acceptors (Lipinski definition) is 3. The minimum absolute atomic E-state index is 0.114. The number of rotatable bonds is 9. The number of nitrogens with zero attached hydrogens (tertiary/aromatic N) is 2. The van der Waals surface area contributed by atoms with Crippen molar-refractivity contribution in [3.05, 3.63) is 74.9 Å². The number of hydrogen-bond donors (Lipinski definition) is 1. The lowest BCUT2D eigenvalue weighted by molar-refractivity contribution is 0.0766. The Labute approximate surface area is 212 Å². The second kappa shape index (κ2) is 11.0. The second-order valence-corrected chi connectivity index (χ2v) is 11.0. The number of amides is 1. The largest absolute Gasteiger partial charge is 0.385 e. The topological polar surface area (TPSA) is 35.6 Å². The van der Waals surface area contributed by atoms with E-state index in [-0.39, 0.29) is 5.91 Å². The van der Waals surface area contributed by atoms with Crippen LogP contribution < -0.4 is 5.32 Å². The molecule has 4 nitrogen and oxygen atoms in total. The first kappa shape index (κ1) is 24.3. The highest BCUT2D eigenvalue weighted by atomic mass is 127. The quantitative estimate of drug-likeness (QED) is 0.308. The monoisotopic (exact) mass is 557 g/mol. The lowest BCUT2D eigenvalue weighted by Gasteiger charge is -2.38. The van der Waals surface area contributed by atoms with E-state index in [0.717, 1.165) is 59.4 Å². The fraction of sp³-hybridized carbons (Fsp3) is 0.464. The molecule has 1 saturated heterocycles. The molecular formula is C28H36IN3O. The van der Waals surface area contributed by atoms with Gasteiger partial charge in [-0.25, -0.2) is 0 Å². The smallest absolute Gasteiger partial charge is 0.254 e. The van der Waals surface area contributed by atoms with E-state index < -0.39 is 0 Å². The van der Waals surface area contributed by atoms with E-state index in [1.54, 1.807) is 0 Å². The SMILES string of the molecule is C=C(NCCCN1CCCCC1C(C)C)c1ccc2c(c1)C(=O)N(Cc1ccc(I)cc1)C2. The van der Waals surface area contributed by atoms with Crippen LogP contribution in [0.2, 0.25) is 0 Å². The van der Waals surface area contributed by atoms with Gasteiger partial charge in [0, 0.05) is 47.1 Å². The fourth-order valence-electron chi connectivity index (χ4n) is 5.16. The van der Waals surface area contributed by atoms with Crippen molar-refractivity contribution in [2.45, 2.75) is 58.7 Å². The van der Waals surface area contributed by atoms with E-state index >= 15 is 0 Å². The number of benzene rings is 2. The molecule has 2 aromatic carbocycles. The lowest BCUT2D eigenvalue weighted by atomic mass is 9.92. The van der Waals surface area contributed by atoms with Crippen LogP contribution in [-0.4, -0.2) is 41.4 Å². The van der Waals surface area contributed by atoms with Gasteiger partial charge in [-0.1, -0.05) is 51.1 Å². The van der Waals surface area contributed by atoms with E-state index in [1.807, 2.05) is 11.0 Å². The third kappa shape index (κ3) is 5.99. The summed E-state index contributed by atoms with van der Waals surface area (Å²) in [5.74, 6) is 0.838. The summed E-state index contributed by atoms with van der Waals surface area (Å²) in [7, 11) is 0. The fourth-order valence-corrected chi connectivity index (χ4v) is 5.52. The highest BCUT2D eigenvalue weighted by Crippen LogP contribution is 2.27. The van der Waals surface area contributed by atoms with Gasteiger partial charge < -0.3 is 15.1 Å². The van der Waals surface area contributed by atoms with Crippen LogP contribution in [0.1, 0.15) is 66.6 Å². The number of fused-ring (bicyclic) bond motifs is 1. The molecule has 0 aliphatic carbocycles. The third-order valence-corrected chi connectivity index (χ3v) is 7.74. The maximum absolute atomic E-state index is 13.0. The van der Waals surface area contributed by atoms with E-state index in [1.165, 1.54) is 29.4 Å². The molecule has 2 heterocycles. The van der Waals surface area contributed by atoms with E-state index in [0.29, 0.717) is 13.1 Å². The molecule has 0 aromatic heterocycles. The molecule has 0 saturated carbocycles. The summed E-state index contributed by atoms with van der Waals surface area (Å²) < 4.78 is 1.21. The molecule has 4 rings (SSSR count). The lowest BCUT2D eigenvalue weighted by Crippen LogP contribution is -2.43. The molecule has 1 amide bonds. The normalized spacial score (nSPS) is 18.6. The molecule has 1 fully saturated rings. The summed E-state index contributed by atoms with van der Waals surface area (Å²) in [6, 6.07) is 15.3. The van der Waals surface area contributed by atoms with Gasteiger partial charge in [0.2, 0.25) is 0 Å². The van der Waals surface area contributed by atoms with Gasteiger partial charge >= 0.3 is 0 Å². The van der Waals surface area contributed by atoms with Crippen molar-refractivity contribution in [3.8, 4) is 0 Å². The second-order valence-electron chi connectivity index (χ2n) is 9.76. The Hall–Kier alpha value is -1.86. The first-order valence-electron chi connectivity index (χ1n) is 12.3. The van der Waals surface area contributed by atoms with Gasteiger partial charge in [-0.15, -0.1) is 0 Å². The zero-order valence-corrected chi connectivity index (χ0v) is 22.1. The van der Waals surface area contributed by atoms with Gasteiger partial charge in [0.15, 0.2) is 0 Å². The van der Waals surface area contributed by atoms with Crippen molar-refractivity contribution in [3.63, 3.8) is 0 Å². The Morgan fingerprint density at radius 3 is 2.73 bits per heavy atom. The van der Waals surface area contributed by atoms with Crippen LogP contribution in [0.15, 0.2) is 49.0 Å². The van der Waals surface area contributed by atoms with Crippen molar-refractivity contribution >= 4 is 34.2 Å². The Morgan fingerprint density at radius 1 is 1.18 bits per heavy atom. The van der Waals surface area contributed by atoms with Crippen LogP contribution in [0.4, 0.5) is 0 Å². The van der Waals surface area contributed by atoms with E-state index in [9.17, 15) is 4.79 Å². The summed E-state index contributed by atoms with van der Waals surface area (Å²) in [6.07, 6.45) is 5.14. The van der Waals surface area contributed by atoms with Crippen molar-refractivity contribution in [2.75, 3.05) is 19.6 Å². The third-order valence-electron chi connectivity index (χ3n) is 7.02. The van der Waals surface area contributed by atoms with E-state index in [4.69, 9.17) is 0 Å². The number of carbonyl (C=O) groups is 1. The zero-order chi connectivity index (χ0) is 23.4. The van der Waals surface area contributed by atoms with Gasteiger partial charge in [0.25, 0.3) is 5.91 Å². The molecule has 2 aromatic rings. The van der Waals surface area contributed by atoms with Crippen molar-refractivity contribution < 1.29 is 4.79 Å². The highest BCUT2D eigenvalue weighted by Gasteiger charge is 2.28. The van der Waals surface area contributed by atoms with Gasteiger partial charge in [-0.3, -0.25) is 4.79 Å². The van der Waals surface area contributed by atoms with Crippen LogP contribution in [0.3, 0.4) is 0 Å². The average molecular weight is 558 g/mol. The summed E-state index contributed by atoms with van der Waals surface area (Å²) >= 11 is 2.30. The Morgan fingerprint density at radius 2 is 1.97 bits per heavy atom.